The Bertz CT molecular complexity index is 1290. The average Bonchev–Trinajstić information content (AvgIpc) is 2.78. The fourth-order valence-corrected chi connectivity index (χ4v) is 4.31. The maximum absolute atomic E-state index is 11.6. The normalized spacial score (nSPS) is 15.5. The quantitative estimate of drug-likeness (QED) is 0.367. The molecule has 174 valence electrons. The van der Waals surface area contributed by atoms with E-state index in [9.17, 15) is 14.7 Å². The molecule has 1 aliphatic rings. The summed E-state index contributed by atoms with van der Waals surface area (Å²) in [5, 5.41) is 14.0. The third kappa shape index (κ3) is 5.04. The minimum Gasteiger partial charge on any atom is -0.480 e. The van der Waals surface area contributed by atoms with Gasteiger partial charge in [-0.1, -0.05) is 46.9 Å². The number of carboxylic acid groups (broad SMARTS) is 1. The van der Waals surface area contributed by atoms with Gasteiger partial charge in [-0.2, -0.15) is 0 Å². The van der Waals surface area contributed by atoms with Crippen LogP contribution in [0.2, 0.25) is 15.1 Å². The minimum absolute atomic E-state index is 0.187. The van der Waals surface area contributed by atoms with Gasteiger partial charge in [-0.15, -0.1) is 0 Å². The molecule has 9 heteroatoms. The number of hydrogen-bond acceptors (Lipinski definition) is 5. The summed E-state index contributed by atoms with van der Waals surface area (Å²) in [6, 6.07) is 13.2. The number of hydrogen-bond donors (Lipinski definition) is 2. The second-order valence-electron chi connectivity index (χ2n) is 7.71. The Morgan fingerprint density at radius 1 is 1.09 bits per heavy atom. The fourth-order valence-electron chi connectivity index (χ4n) is 3.68. The lowest BCUT2D eigenvalue weighted by Gasteiger charge is -2.27. The molecular weight excluding hydrogens is 499 g/mol. The van der Waals surface area contributed by atoms with Crippen molar-refractivity contribution in [3.8, 4) is 28.3 Å². The van der Waals surface area contributed by atoms with E-state index >= 15 is 0 Å². The maximum atomic E-state index is 11.6. The molecule has 4 rings (SSSR count). The van der Waals surface area contributed by atoms with E-state index in [2.05, 4.69) is 5.32 Å². The van der Waals surface area contributed by atoms with Crippen LogP contribution in [0.1, 0.15) is 18.9 Å². The molecule has 0 amide bonds. The van der Waals surface area contributed by atoms with Crippen LogP contribution < -0.4 is 10.1 Å². The smallest absolute Gasteiger partial charge is 0.326 e. The van der Waals surface area contributed by atoms with Gasteiger partial charge >= 0.3 is 5.97 Å². The zero-order valence-corrected chi connectivity index (χ0v) is 20.2. The van der Waals surface area contributed by atoms with Gasteiger partial charge in [0.25, 0.3) is 0 Å². The Morgan fingerprint density at radius 3 is 2.44 bits per heavy atom. The number of aliphatic carboxylic acids is 1. The van der Waals surface area contributed by atoms with E-state index in [1.165, 1.54) is 0 Å². The largest absolute Gasteiger partial charge is 0.480 e. The lowest BCUT2D eigenvalue weighted by atomic mass is 9.95. The number of ether oxygens (including phenoxy) is 1. The van der Waals surface area contributed by atoms with Crippen molar-refractivity contribution in [3.63, 3.8) is 0 Å². The van der Waals surface area contributed by atoms with Gasteiger partial charge in [0.05, 0.1) is 16.3 Å². The Morgan fingerprint density at radius 2 is 1.79 bits per heavy atom. The van der Waals surface area contributed by atoms with Crippen molar-refractivity contribution >= 4 is 52.8 Å². The van der Waals surface area contributed by atoms with Crippen LogP contribution in [0.25, 0.3) is 28.1 Å². The molecule has 34 heavy (non-hydrogen) atoms. The molecule has 0 spiro atoms. The van der Waals surface area contributed by atoms with Crippen LogP contribution in [0.15, 0.2) is 54.6 Å². The third-order valence-corrected chi connectivity index (χ3v) is 6.08. The molecule has 2 N–H and O–H groups in total. The number of carboxylic acids is 1. The summed E-state index contributed by atoms with van der Waals surface area (Å²) in [4.78, 5) is 27.4. The number of fused-ring (bicyclic) bond motifs is 1. The topological polar surface area (TPSA) is 88.5 Å². The summed E-state index contributed by atoms with van der Waals surface area (Å²) >= 11 is 18.7. The summed E-state index contributed by atoms with van der Waals surface area (Å²) in [6.45, 7) is 1.81. The molecule has 3 aromatic rings. The highest BCUT2D eigenvalue weighted by Crippen LogP contribution is 2.41. The molecule has 0 bridgehead atoms. The van der Waals surface area contributed by atoms with Crippen LogP contribution in [0.4, 0.5) is 0 Å². The van der Waals surface area contributed by atoms with E-state index in [4.69, 9.17) is 44.5 Å². The predicted octanol–water partition coefficient (Wildman–Crippen LogP) is 6.13. The fraction of sp³-hybridized carbons (Fsp3) is 0.160. The van der Waals surface area contributed by atoms with Crippen LogP contribution in [-0.2, 0) is 9.59 Å². The van der Waals surface area contributed by atoms with Crippen molar-refractivity contribution in [2.45, 2.75) is 25.5 Å². The molecule has 0 aliphatic carbocycles. The average molecular weight is 518 g/mol. The summed E-state index contributed by atoms with van der Waals surface area (Å²) in [7, 11) is 0. The van der Waals surface area contributed by atoms with Gasteiger partial charge in [0.15, 0.2) is 0 Å². The molecule has 0 radical (unpaired) electrons. The van der Waals surface area contributed by atoms with E-state index in [1.807, 2.05) is 25.1 Å². The molecule has 0 saturated carbocycles. The van der Waals surface area contributed by atoms with Crippen LogP contribution in [-0.4, -0.2) is 34.5 Å². The summed E-state index contributed by atoms with van der Waals surface area (Å²) in [6.07, 6.45) is 1.75. The van der Waals surface area contributed by atoms with Gasteiger partial charge in [-0.3, -0.25) is 0 Å². The Balaban J connectivity index is 1.91. The molecule has 2 unspecified atom stereocenters. The highest BCUT2D eigenvalue weighted by atomic mass is 35.5. The second-order valence-corrected chi connectivity index (χ2v) is 8.99. The predicted molar refractivity (Wildman–Crippen MR) is 133 cm³/mol. The molecule has 0 saturated heterocycles. The van der Waals surface area contributed by atoms with Gasteiger partial charge in [-0.25, -0.2) is 9.78 Å². The standard InChI is InChI=1S/C25H19Cl3N2O4/c1-13-10-22(29-21(8-9-31)25(32)33)19-12-18(14-2-4-15(26)5-3-14)23(30-24(19)34-13)17-7-6-16(27)11-20(17)28/h2-7,9-13,21,29H,8H2,1H3,(H,32,33). The Kier molecular flexibility index (Phi) is 7.12. The monoisotopic (exact) mass is 516 g/mol. The highest BCUT2D eigenvalue weighted by molar-refractivity contribution is 6.36. The maximum Gasteiger partial charge on any atom is 0.326 e. The van der Waals surface area contributed by atoms with Crippen molar-refractivity contribution in [1.29, 1.82) is 0 Å². The molecule has 6 nitrogen and oxygen atoms in total. The highest BCUT2D eigenvalue weighted by Gasteiger charge is 2.27. The van der Waals surface area contributed by atoms with E-state index < -0.39 is 12.0 Å². The van der Waals surface area contributed by atoms with Crippen LogP contribution in [0.5, 0.6) is 5.88 Å². The number of carbonyl (C=O) groups excluding carboxylic acids is 1. The molecule has 2 heterocycles. The first-order chi connectivity index (χ1) is 16.3. The number of nitrogens with one attached hydrogen (secondary N) is 1. The third-order valence-electron chi connectivity index (χ3n) is 5.28. The first kappa shape index (κ1) is 24.1. The van der Waals surface area contributed by atoms with E-state index in [1.54, 1.807) is 36.4 Å². The molecule has 1 aromatic heterocycles. The Hall–Kier alpha value is -3.06. The van der Waals surface area contributed by atoms with Gasteiger partial charge < -0.3 is 20.0 Å². The van der Waals surface area contributed by atoms with Crippen molar-refractivity contribution in [3.05, 3.63) is 75.2 Å². The van der Waals surface area contributed by atoms with Gasteiger partial charge in [0, 0.05) is 33.3 Å². The number of aromatic nitrogens is 1. The molecular formula is C25H19Cl3N2O4. The molecule has 1 aliphatic heterocycles. The molecule has 2 atom stereocenters. The van der Waals surface area contributed by atoms with Gasteiger partial charge in [0.2, 0.25) is 5.88 Å². The van der Waals surface area contributed by atoms with Crippen molar-refractivity contribution in [1.82, 2.24) is 10.3 Å². The van der Waals surface area contributed by atoms with E-state index in [0.29, 0.717) is 49.8 Å². The van der Waals surface area contributed by atoms with Crippen molar-refractivity contribution in [2.75, 3.05) is 0 Å². The number of benzene rings is 2. The van der Waals surface area contributed by atoms with Crippen LogP contribution in [0, 0.1) is 0 Å². The van der Waals surface area contributed by atoms with Crippen LogP contribution >= 0.6 is 34.8 Å². The Labute approximate surface area is 211 Å². The van der Waals surface area contributed by atoms with Gasteiger partial charge in [-0.05, 0) is 55.0 Å². The van der Waals surface area contributed by atoms with Gasteiger partial charge in [0.1, 0.15) is 18.4 Å². The van der Waals surface area contributed by atoms with Crippen LogP contribution in [0.3, 0.4) is 0 Å². The lowest BCUT2D eigenvalue weighted by Crippen LogP contribution is -2.37. The molecule has 0 fully saturated rings. The SMILES string of the molecule is CC1C=C(NC(CC=O)C(=O)O)c2cc(-c3ccc(Cl)cc3)c(-c3ccc(Cl)cc3Cl)nc2O1. The zero-order chi connectivity index (χ0) is 24.4. The number of halogens is 3. The number of rotatable bonds is 7. The summed E-state index contributed by atoms with van der Waals surface area (Å²) in [5.41, 5.74) is 3.85. The second kappa shape index (κ2) is 10.1. The first-order valence-corrected chi connectivity index (χ1v) is 11.5. The number of carbonyl (C=O) groups is 2. The first-order valence-electron chi connectivity index (χ1n) is 10.3. The molecule has 2 aromatic carbocycles. The van der Waals surface area contributed by atoms with E-state index in [0.717, 1.165) is 11.1 Å². The van der Waals surface area contributed by atoms with Crippen molar-refractivity contribution < 1.29 is 19.4 Å². The summed E-state index contributed by atoms with van der Waals surface area (Å²) < 4.78 is 5.97. The van der Waals surface area contributed by atoms with E-state index in [-0.39, 0.29) is 12.5 Å². The number of aldehydes is 1. The van der Waals surface area contributed by atoms with Crippen molar-refractivity contribution in [2.24, 2.45) is 0 Å². The lowest BCUT2D eigenvalue weighted by molar-refractivity contribution is -0.140. The number of nitrogens with zero attached hydrogens (tertiary/aromatic N) is 1. The summed E-state index contributed by atoms with van der Waals surface area (Å²) in [5.74, 6) is -0.824. The number of pyridine rings is 1. The zero-order valence-electron chi connectivity index (χ0n) is 17.9. The minimum atomic E-state index is -1.14.